The first-order valence-corrected chi connectivity index (χ1v) is 38.7. The molecule has 15 heteroatoms. The van der Waals surface area contributed by atoms with Crippen molar-refractivity contribution in [3.63, 3.8) is 0 Å². The van der Waals surface area contributed by atoms with Crippen molar-refractivity contribution in [3.05, 3.63) is 0 Å². The van der Waals surface area contributed by atoms with Crippen molar-refractivity contribution in [3.8, 4) is 0 Å². The first-order chi connectivity index (χ1) is 30.6. The molecule has 65 heavy (non-hydrogen) atoms. The Morgan fingerprint density at radius 2 is 0.508 bits per heavy atom. The first-order valence-electron chi connectivity index (χ1n) is 27.6. The molecule has 8 aliphatic rings. The van der Waals surface area contributed by atoms with Gasteiger partial charge >= 0.3 is 59.6 Å². The molecule has 0 saturated heterocycles. The van der Waals surface area contributed by atoms with E-state index in [1.165, 1.54) is 257 Å². The molecule has 0 aromatic carbocycles. The summed E-state index contributed by atoms with van der Waals surface area (Å²) in [6, 6.07) is 5.90. The molecule has 0 atom stereocenters. The van der Waals surface area contributed by atoms with Crippen molar-refractivity contribution in [2.45, 2.75) is 305 Å². The largest absolute Gasteiger partial charge is 1.00 e. The normalized spacial score (nSPS) is 26.5. The van der Waals surface area contributed by atoms with Gasteiger partial charge in [0.1, 0.15) is 0 Å². The van der Waals surface area contributed by atoms with Gasteiger partial charge in [0.05, 0.1) is 14.0 Å². The number of hydrogen-bond donors (Lipinski definition) is 2. The Balaban J connectivity index is 0.000000214. The Hall–Kier alpha value is 2.63. The minimum Gasteiger partial charge on any atom is -1.00 e. The molecule has 8 fully saturated rings. The van der Waals surface area contributed by atoms with Gasteiger partial charge in [-0.05, 0) is 109 Å². The van der Waals surface area contributed by atoms with Gasteiger partial charge in [-0.15, -0.1) is 9.34 Å². The maximum atomic E-state index is 10.1. The second kappa shape index (κ2) is 28.3. The van der Waals surface area contributed by atoms with Gasteiger partial charge in [0.15, 0.2) is 0 Å². The van der Waals surface area contributed by atoms with Gasteiger partial charge in [-0.1, -0.05) is 154 Å². The van der Waals surface area contributed by atoms with E-state index in [1.54, 1.807) is 0 Å². The average Bonchev–Trinajstić information content (AvgIpc) is 3.29. The minimum atomic E-state index is -3.69. The Morgan fingerprint density at radius 3 is 0.662 bits per heavy atom. The van der Waals surface area contributed by atoms with E-state index in [0.717, 1.165) is 24.2 Å². The minimum absolute atomic E-state index is 0. The quantitative estimate of drug-likeness (QED) is 0.191. The van der Waals surface area contributed by atoms with Crippen molar-refractivity contribution in [1.82, 2.24) is 18.7 Å². The molecule has 8 saturated carbocycles. The molecular formula is C50H97Cl6N6P3. The van der Waals surface area contributed by atoms with Gasteiger partial charge in [0, 0.05) is 48.3 Å². The molecule has 6 nitrogen and oxygen atoms in total. The number of halogens is 6. The second-order valence-corrected chi connectivity index (χ2v) is 44.6. The fraction of sp³-hybridized carbons (Fsp3) is 1.00. The smallest absolute Gasteiger partial charge is 1.00 e. The van der Waals surface area contributed by atoms with Crippen molar-refractivity contribution in [2.24, 2.45) is 5.50 Å². The SMILES string of the molecule is CP(=N)(N(C1CCCCC1)C1CCCCC1)N(C1CCCCC1)C1CCCCC1.C[P+](N)(N(C1CCCCC1)C1CCCCC1)N(C1CCCCC1)C1CCCCC1.ClP(Cl)(Cl)(Cl)Cl.[Cl-]. The van der Waals surface area contributed by atoms with Crippen molar-refractivity contribution in [1.29, 1.82) is 5.16 Å². The van der Waals surface area contributed by atoms with Crippen molar-refractivity contribution < 1.29 is 12.4 Å². The molecular weight excluding hydrogens is 990 g/mol. The zero-order valence-corrected chi connectivity index (χ0v) is 48.6. The Labute approximate surface area is 431 Å². The number of hydrogen-bond acceptors (Lipinski definition) is 4. The zero-order valence-electron chi connectivity index (χ0n) is 41.4. The summed E-state index contributed by atoms with van der Waals surface area (Å²) in [6.07, 6.45) is 56.4. The van der Waals surface area contributed by atoms with Crippen LogP contribution < -0.4 is 17.9 Å². The molecule has 3 N–H and O–H groups in total. The van der Waals surface area contributed by atoms with E-state index in [4.69, 9.17) is 61.7 Å². The fourth-order valence-corrected chi connectivity index (χ4v) is 22.3. The molecule has 0 bridgehead atoms. The van der Waals surface area contributed by atoms with Gasteiger partial charge in [-0.25, -0.2) is 0 Å². The molecule has 0 aromatic rings. The van der Waals surface area contributed by atoms with Crippen molar-refractivity contribution in [2.75, 3.05) is 13.3 Å². The second-order valence-electron chi connectivity index (χ2n) is 22.4. The molecule has 0 spiro atoms. The maximum absolute atomic E-state index is 10.1. The van der Waals surface area contributed by atoms with E-state index in [1.807, 2.05) is 0 Å². The van der Waals surface area contributed by atoms with Crippen LogP contribution in [0.4, 0.5) is 0 Å². The van der Waals surface area contributed by atoms with E-state index in [9.17, 15) is 5.16 Å². The molecule has 0 heterocycles. The standard InChI is InChI=1S/C25H49N3P.C25H48N3P.Cl5P.ClH/c2*1-29(26,27(22-14-6-2-7-15-22)23-16-8-3-9-17-23)28(24-18-10-4-11-19-24)25-20-12-5-13-21-25;1-6(2,3,4)5;/h22-25H,2-21,26H2,1H3;22-26H,2-21H2,1H3;;1H/q+1;;;/p-1. The van der Waals surface area contributed by atoms with Crippen LogP contribution in [0.5, 0.6) is 0 Å². The average molecular weight is 1090 g/mol. The van der Waals surface area contributed by atoms with Crippen LogP contribution in [0.1, 0.15) is 257 Å². The summed E-state index contributed by atoms with van der Waals surface area (Å²) in [5.41, 5.74) is 7.69. The Morgan fingerprint density at radius 1 is 0.369 bits per heavy atom. The van der Waals surface area contributed by atoms with Crippen LogP contribution in [-0.2, 0) is 0 Å². The Kier molecular flexibility index (Phi) is 25.5. The van der Waals surface area contributed by atoms with Crippen LogP contribution >= 0.6 is 74.6 Å². The van der Waals surface area contributed by atoms with E-state index < -0.39 is 18.4 Å². The predicted octanol–water partition coefficient (Wildman–Crippen LogP) is 16.7. The summed E-state index contributed by atoms with van der Waals surface area (Å²) in [6.45, 7) is 5.00. The molecule has 0 radical (unpaired) electrons. The third-order valence-corrected chi connectivity index (χ3v) is 23.7. The molecule has 384 valence electrons. The Bertz CT molecular complexity index is 1190. The number of rotatable bonds is 12. The molecule has 0 unspecified atom stereocenters. The van der Waals surface area contributed by atoms with E-state index in [2.05, 4.69) is 32.0 Å². The third-order valence-electron chi connectivity index (χ3n) is 17.4. The van der Waals surface area contributed by atoms with E-state index in [0.29, 0.717) is 24.2 Å². The van der Waals surface area contributed by atoms with Crippen LogP contribution in [0.25, 0.3) is 0 Å². The summed E-state index contributed by atoms with van der Waals surface area (Å²) in [5, 5.41) is 10.1. The molecule has 8 rings (SSSR count). The topological polar surface area (TPSA) is 62.8 Å². The van der Waals surface area contributed by atoms with Gasteiger partial charge in [-0.3, -0.25) is 14.5 Å². The first kappa shape index (κ1) is 58.5. The summed E-state index contributed by atoms with van der Waals surface area (Å²) < 4.78 is 8.23. The van der Waals surface area contributed by atoms with Crippen LogP contribution in [0.3, 0.4) is 0 Å². The number of nitrogens with zero attached hydrogens (tertiary/aromatic N) is 4. The monoisotopic (exact) mass is 1080 g/mol. The molecule has 0 aliphatic heterocycles. The van der Waals surface area contributed by atoms with Crippen molar-refractivity contribution >= 4 is 74.6 Å². The van der Waals surface area contributed by atoms with E-state index in [-0.39, 0.29) is 12.4 Å². The van der Waals surface area contributed by atoms with Crippen LogP contribution in [0, 0.1) is 5.16 Å². The van der Waals surface area contributed by atoms with Gasteiger partial charge in [-0.2, -0.15) is 5.50 Å². The maximum Gasteiger partial charge on any atom is -1.00 e. The van der Waals surface area contributed by atoms with Gasteiger partial charge < -0.3 is 12.4 Å². The number of nitrogens with two attached hydrogens (primary N) is 1. The summed E-state index contributed by atoms with van der Waals surface area (Å²) in [4.78, 5) is 0. The predicted molar refractivity (Wildman–Crippen MR) is 291 cm³/mol. The molecule has 0 aromatic heterocycles. The summed E-state index contributed by atoms with van der Waals surface area (Å²) in [5.74, 6) is 0. The zero-order chi connectivity index (χ0) is 45.7. The van der Waals surface area contributed by atoms with Crippen LogP contribution in [0.15, 0.2) is 0 Å². The number of nitrogens with one attached hydrogen (secondary N) is 1. The fourth-order valence-electron chi connectivity index (χ4n) is 14.8. The van der Waals surface area contributed by atoms with E-state index >= 15 is 0 Å². The van der Waals surface area contributed by atoms with Crippen LogP contribution in [-0.4, -0.2) is 80.3 Å². The van der Waals surface area contributed by atoms with Gasteiger partial charge in [0.2, 0.25) is 7.71 Å². The summed E-state index contributed by atoms with van der Waals surface area (Å²) in [7, 11) is -3.79. The molecule has 0 amide bonds. The van der Waals surface area contributed by atoms with Crippen LogP contribution in [0.2, 0.25) is 0 Å². The summed E-state index contributed by atoms with van der Waals surface area (Å²) >= 11 is 24.9. The third kappa shape index (κ3) is 18.5. The molecule has 8 aliphatic carbocycles. The van der Waals surface area contributed by atoms with Gasteiger partial charge in [0.25, 0.3) is 0 Å².